The van der Waals surface area contributed by atoms with Gasteiger partial charge in [0.15, 0.2) is 0 Å². The van der Waals surface area contributed by atoms with E-state index in [1.807, 2.05) is 0 Å². The summed E-state index contributed by atoms with van der Waals surface area (Å²) in [6.07, 6.45) is 2.63. The van der Waals surface area contributed by atoms with Crippen LogP contribution in [0, 0.1) is 0 Å². The third-order valence-electron chi connectivity index (χ3n) is 0.395. The first-order valence-corrected chi connectivity index (χ1v) is 1.55. The molecule has 1 heterocycles. The van der Waals surface area contributed by atoms with E-state index in [0.29, 0.717) is 0 Å². The summed E-state index contributed by atoms with van der Waals surface area (Å²) < 4.78 is 13.7. The molecular weight excluding hydrogens is 76.1 g/mol. The molecule has 0 aliphatic heterocycles. The van der Waals surface area contributed by atoms with Gasteiger partial charge in [-0.25, -0.2) is 0 Å². The Morgan fingerprint density at radius 2 is 1.67 bits per heavy atom. The Morgan fingerprint density at radius 3 is 2.00 bits per heavy atom. The molecule has 0 saturated heterocycles. The minimum atomic E-state index is -0.0764. The van der Waals surface area contributed by atoms with Crippen LogP contribution in [0.3, 0.4) is 0 Å². The summed E-state index contributed by atoms with van der Waals surface area (Å²) in [5.41, 5.74) is 0. The van der Waals surface area contributed by atoms with Crippen molar-refractivity contribution in [2.75, 3.05) is 0 Å². The highest BCUT2D eigenvalue weighted by Gasteiger charge is 1.59. The smallest absolute Gasteiger partial charge is 0.0857 e. The van der Waals surface area contributed by atoms with Gasteiger partial charge in [0, 0.05) is 24.7 Å². The van der Waals surface area contributed by atoms with Crippen LogP contribution in [0.25, 0.3) is 0 Å². The molecule has 0 radical (unpaired) electrons. The normalized spacial score (nSPS) is 12.7. The highest BCUT2D eigenvalue weighted by molar-refractivity contribution is 4.70. The maximum Gasteiger partial charge on any atom is 0.0857 e. The van der Waals surface area contributed by atoms with Crippen LogP contribution in [0.4, 0.5) is 0 Å². The van der Waals surface area contributed by atoms with E-state index in [1.165, 1.54) is 12.4 Å². The third kappa shape index (κ3) is 0.516. The van der Waals surface area contributed by atoms with Crippen molar-refractivity contribution in [1.82, 2.24) is 9.97 Å². The van der Waals surface area contributed by atoms with Gasteiger partial charge in [0.25, 0.3) is 0 Å². The molecule has 0 aliphatic carbocycles. The van der Waals surface area contributed by atoms with E-state index in [2.05, 4.69) is 9.97 Å². The number of aromatic nitrogens is 2. The summed E-state index contributed by atoms with van der Waals surface area (Å²) in [7, 11) is 0. The Morgan fingerprint density at radius 1 is 1.17 bits per heavy atom. The van der Waals surface area contributed by atoms with Crippen LogP contribution in [-0.2, 0) is 0 Å². The zero-order chi connectivity index (χ0) is 5.98. The van der Waals surface area contributed by atoms with Crippen LogP contribution in [0.5, 0.6) is 0 Å². The summed E-state index contributed by atoms with van der Waals surface area (Å²) in [4.78, 5) is 6.99. The molecule has 2 nitrogen and oxygen atoms in total. The van der Waals surface area contributed by atoms with Crippen molar-refractivity contribution in [3.05, 3.63) is 24.7 Å². The number of nitrogens with zero attached hydrogens (tertiary/aromatic N) is 2. The van der Waals surface area contributed by atoms with Crippen molar-refractivity contribution < 1.29 is 2.74 Å². The molecule has 1 rings (SSSR count). The van der Waals surface area contributed by atoms with E-state index in [1.54, 1.807) is 0 Å². The van der Waals surface area contributed by atoms with Crippen molar-refractivity contribution in [2.24, 2.45) is 0 Å². The Kier molecular flexibility index (Phi) is 0.422. The lowest BCUT2D eigenvalue weighted by atomic mass is 10.8. The Bertz CT molecular complexity index is 168. The van der Waals surface area contributed by atoms with Crippen LogP contribution in [0.15, 0.2) is 24.7 Å². The maximum absolute atomic E-state index is 6.86. The first-order chi connectivity index (χ1) is 3.80. The maximum atomic E-state index is 6.86. The molecule has 2 heteroatoms. The molecule has 0 amide bonds. The van der Waals surface area contributed by atoms with E-state index >= 15 is 0 Å². The number of hydrogen-bond acceptors (Lipinski definition) is 2. The zero-order valence-corrected chi connectivity index (χ0v) is 3.05. The Hall–Kier alpha value is -0.920. The van der Waals surface area contributed by atoms with Crippen molar-refractivity contribution in [1.29, 1.82) is 0 Å². The fourth-order valence-electron chi connectivity index (χ4n) is 0.199. The second kappa shape index (κ2) is 1.50. The zero-order valence-electron chi connectivity index (χ0n) is 5.05. The van der Waals surface area contributed by atoms with Crippen LogP contribution in [0.2, 0.25) is 0 Å². The second-order valence-electron chi connectivity index (χ2n) is 0.780. The summed E-state index contributed by atoms with van der Waals surface area (Å²) >= 11 is 0. The van der Waals surface area contributed by atoms with Crippen molar-refractivity contribution in [2.45, 2.75) is 0 Å². The van der Waals surface area contributed by atoms with Crippen molar-refractivity contribution in [3.8, 4) is 0 Å². The highest BCUT2D eigenvalue weighted by Crippen LogP contribution is 1.65. The summed E-state index contributed by atoms with van der Waals surface area (Å²) in [5, 5.41) is 0. The van der Waals surface area contributed by atoms with Crippen LogP contribution in [-0.4, -0.2) is 9.97 Å². The Labute approximate surface area is 38.7 Å². The van der Waals surface area contributed by atoms with Crippen LogP contribution < -0.4 is 0 Å². The highest BCUT2D eigenvalue weighted by atomic mass is 14.7. The van der Waals surface area contributed by atoms with Gasteiger partial charge < -0.3 is 0 Å². The summed E-state index contributed by atoms with van der Waals surface area (Å²) in [6.45, 7) is 0. The van der Waals surface area contributed by atoms with Gasteiger partial charge in [0.05, 0.1) is 2.74 Å². The van der Waals surface area contributed by atoms with E-state index < -0.39 is 0 Å². The van der Waals surface area contributed by atoms with Gasteiger partial charge >= 0.3 is 0 Å². The quantitative estimate of drug-likeness (QED) is 0.455. The molecule has 0 spiro atoms. The lowest BCUT2D eigenvalue weighted by Crippen LogP contribution is -1.66. The monoisotopic (exact) mass is 82.1 g/mol. The fraction of sp³-hybridized carbons (Fsp3) is 0. The molecule has 0 saturated carbocycles. The van der Waals surface area contributed by atoms with Gasteiger partial charge in [-0.1, -0.05) is 0 Å². The van der Waals surface area contributed by atoms with E-state index in [-0.39, 0.29) is 12.3 Å². The van der Waals surface area contributed by atoms with E-state index in [4.69, 9.17) is 2.74 Å². The molecule has 6 heavy (non-hydrogen) atoms. The van der Waals surface area contributed by atoms with Crippen molar-refractivity contribution >= 4 is 0 Å². The van der Waals surface area contributed by atoms with Crippen LogP contribution in [0.1, 0.15) is 2.74 Å². The van der Waals surface area contributed by atoms with Gasteiger partial charge in [-0.3, -0.25) is 9.97 Å². The minimum absolute atomic E-state index is 0.0764. The van der Waals surface area contributed by atoms with E-state index in [9.17, 15) is 0 Å². The topological polar surface area (TPSA) is 25.8 Å². The van der Waals surface area contributed by atoms with Crippen LogP contribution >= 0.6 is 0 Å². The molecule has 0 aromatic carbocycles. The second-order valence-corrected chi connectivity index (χ2v) is 0.780. The average molecular weight is 82.1 g/mol. The van der Waals surface area contributed by atoms with Gasteiger partial charge in [0.2, 0.25) is 0 Å². The SMILES string of the molecule is [2H]c1nccnc1[2H]. The molecule has 1 aromatic rings. The fourth-order valence-corrected chi connectivity index (χ4v) is 0.199. The molecule has 1 aromatic heterocycles. The number of rotatable bonds is 0. The van der Waals surface area contributed by atoms with Gasteiger partial charge in [-0.05, 0) is 0 Å². The largest absolute Gasteiger partial charge is 0.262 e. The Balaban J connectivity index is 3.13. The molecule has 0 N–H and O–H groups in total. The number of hydrogen-bond donors (Lipinski definition) is 0. The molecule has 0 fully saturated rings. The summed E-state index contributed by atoms with van der Waals surface area (Å²) in [5.74, 6) is 0. The first-order valence-electron chi connectivity index (χ1n) is 2.55. The lowest BCUT2D eigenvalue weighted by Gasteiger charge is -1.70. The molecular formula is C4H4N2. The van der Waals surface area contributed by atoms with Gasteiger partial charge in [-0.15, -0.1) is 0 Å². The first kappa shape index (κ1) is 1.69. The summed E-state index contributed by atoms with van der Waals surface area (Å²) in [6, 6.07) is 0. The molecule has 0 atom stereocenters. The van der Waals surface area contributed by atoms with Crippen molar-refractivity contribution in [3.63, 3.8) is 0 Å². The minimum Gasteiger partial charge on any atom is -0.262 e. The molecule has 0 bridgehead atoms. The molecule has 0 aliphatic rings. The predicted molar refractivity (Wildman–Crippen MR) is 22.0 cm³/mol. The lowest BCUT2D eigenvalue weighted by molar-refractivity contribution is 1.20. The third-order valence-corrected chi connectivity index (χ3v) is 0.395. The van der Waals surface area contributed by atoms with Gasteiger partial charge in [0.1, 0.15) is 0 Å². The van der Waals surface area contributed by atoms with E-state index in [0.717, 1.165) is 0 Å². The molecule has 30 valence electrons. The van der Waals surface area contributed by atoms with Gasteiger partial charge in [-0.2, -0.15) is 0 Å². The predicted octanol–water partition coefficient (Wildman–Crippen LogP) is 0.477. The standard InChI is InChI=1S/C4H4N2/c1-2-6-4-3-5-1/h1-4H/i1D,2D. The molecule has 0 unspecified atom stereocenters. The average Bonchev–Trinajstić information content (AvgIpc) is 1.77.